The molecule has 1 fully saturated rings. The van der Waals surface area contributed by atoms with Crippen LogP contribution in [-0.4, -0.2) is 37.2 Å². The highest BCUT2D eigenvalue weighted by molar-refractivity contribution is 14.0. The number of pyridine rings is 1. The summed E-state index contributed by atoms with van der Waals surface area (Å²) in [6, 6.07) is 12.9. The van der Waals surface area contributed by atoms with Crippen LogP contribution in [0.15, 0.2) is 47.6 Å². The van der Waals surface area contributed by atoms with E-state index in [9.17, 15) is 0 Å². The Hall–Kier alpha value is -2.03. The van der Waals surface area contributed by atoms with Crippen molar-refractivity contribution in [2.45, 2.75) is 46.2 Å². The number of anilines is 1. The summed E-state index contributed by atoms with van der Waals surface area (Å²) in [7, 11) is 0. The van der Waals surface area contributed by atoms with Crippen molar-refractivity contribution in [2.24, 2.45) is 4.99 Å². The Morgan fingerprint density at radius 2 is 2.00 bits per heavy atom. The zero-order valence-corrected chi connectivity index (χ0v) is 20.6. The molecule has 6 nitrogen and oxygen atoms in total. The maximum absolute atomic E-state index is 5.62. The lowest BCUT2D eigenvalue weighted by atomic mass is 10.1. The second kappa shape index (κ2) is 12.6. The van der Waals surface area contributed by atoms with E-state index < -0.39 is 0 Å². The Morgan fingerprint density at radius 3 is 2.73 bits per heavy atom. The van der Waals surface area contributed by atoms with Crippen molar-refractivity contribution in [3.63, 3.8) is 0 Å². The smallest absolute Gasteiger partial charge is 0.218 e. The number of ether oxygens (including phenoxy) is 1. The quantitative estimate of drug-likeness (QED) is 0.303. The molecule has 0 radical (unpaired) electrons. The number of aliphatic imine (C=N–C) groups is 1. The maximum atomic E-state index is 5.62. The van der Waals surface area contributed by atoms with Gasteiger partial charge in [0.2, 0.25) is 5.88 Å². The number of nitrogens with zero attached hydrogens (tertiary/aromatic N) is 3. The van der Waals surface area contributed by atoms with Crippen LogP contribution in [-0.2, 0) is 6.54 Å². The number of guanidine groups is 1. The van der Waals surface area contributed by atoms with E-state index >= 15 is 0 Å². The molecule has 1 unspecified atom stereocenters. The van der Waals surface area contributed by atoms with Gasteiger partial charge in [-0.1, -0.05) is 18.2 Å². The van der Waals surface area contributed by atoms with Crippen LogP contribution in [0, 0.1) is 0 Å². The van der Waals surface area contributed by atoms with Crippen LogP contribution < -0.4 is 20.3 Å². The van der Waals surface area contributed by atoms with Gasteiger partial charge in [-0.25, -0.2) is 9.98 Å². The van der Waals surface area contributed by atoms with Gasteiger partial charge in [-0.2, -0.15) is 0 Å². The molecule has 1 aliphatic heterocycles. The largest absolute Gasteiger partial charge is 0.478 e. The Balaban J connectivity index is 0.00000320. The van der Waals surface area contributed by atoms with E-state index in [1.165, 1.54) is 24.1 Å². The molecule has 1 aliphatic rings. The van der Waals surface area contributed by atoms with Crippen LogP contribution in [0.3, 0.4) is 0 Å². The number of hydrogen-bond acceptors (Lipinski definition) is 4. The molecule has 2 N–H and O–H groups in total. The first-order valence-electron chi connectivity index (χ1n) is 10.7. The highest BCUT2D eigenvalue weighted by Gasteiger charge is 2.14. The summed E-state index contributed by atoms with van der Waals surface area (Å²) in [5.41, 5.74) is 3.55. The molecule has 0 saturated carbocycles. The lowest BCUT2D eigenvalue weighted by molar-refractivity contribution is 0.323. The summed E-state index contributed by atoms with van der Waals surface area (Å²) in [4.78, 5) is 11.5. The standard InChI is InChI=1S/C23H33N5O.HI/c1-4-24-23(26-17-20-11-9-13-25-22(20)29-5-2)27-18(3)19-10-8-12-21(16-19)28-14-6-7-15-28;/h8-13,16,18H,4-7,14-15,17H2,1-3H3,(H2,24,26,27);1H. The van der Waals surface area contributed by atoms with Gasteiger partial charge in [0.25, 0.3) is 0 Å². The highest BCUT2D eigenvalue weighted by Crippen LogP contribution is 2.24. The third-order valence-corrected chi connectivity index (χ3v) is 5.08. The van der Waals surface area contributed by atoms with Crippen molar-refractivity contribution in [2.75, 3.05) is 31.1 Å². The molecule has 0 amide bonds. The van der Waals surface area contributed by atoms with Crippen LogP contribution in [0.1, 0.15) is 50.8 Å². The van der Waals surface area contributed by atoms with Crippen LogP contribution in [0.25, 0.3) is 0 Å². The third kappa shape index (κ3) is 6.75. The molecule has 3 rings (SSSR count). The molecule has 1 saturated heterocycles. The van der Waals surface area contributed by atoms with Crippen molar-refractivity contribution in [3.05, 3.63) is 53.7 Å². The van der Waals surface area contributed by atoms with Crippen LogP contribution in [0.4, 0.5) is 5.69 Å². The SMILES string of the molecule is CCNC(=NCc1cccnc1OCC)NC(C)c1cccc(N2CCCC2)c1.I. The fourth-order valence-electron chi connectivity index (χ4n) is 3.55. The zero-order chi connectivity index (χ0) is 20.5. The summed E-state index contributed by atoms with van der Waals surface area (Å²) in [6.07, 6.45) is 4.32. The van der Waals surface area contributed by atoms with E-state index in [0.717, 1.165) is 31.2 Å². The molecule has 2 aromatic rings. The summed E-state index contributed by atoms with van der Waals surface area (Å²) in [5, 5.41) is 6.87. The van der Waals surface area contributed by atoms with E-state index in [4.69, 9.17) is 9.73 Å². The van der Waals surface area contributed by atoms with Gasteiger partial charge in [0.1, 0.15) is 0 Å². The molecule has 164 valence electrons. The van der Waals surface area contributed by atoms with Gasteiger partial charge in [0, 0.05) is 37.1 Å². The Labute approximate surface area is 197 Å². The average Bonchev–Trinajstić information content (AvgIpc) is 3.28. The highest BCUT2D eigenvalue weighted by atomic mass is 127. The van der Waals surface area contributed by atoms with Crippen molar-refractivity contribution in [3.8, 4) is 5.88 Å². The Morgan fingerprint density at radius 1 is 1.20 bits per heavy atom. The van der Waals surface area contributed by atoms with Crippen LogP contribution in [0.5, 0.6) is 5.88 Å². The van der Waals surface area contributed by atoms with Gasteiger partial charge in [0.05, 0.1) is 19.2 Å². The third-order valence-electron chi connectivity index (χ3n) is 5.08. The molecule has 0 aliphatic carbocycles. The predicted molar refractivity (Wildman–Crippen MR) is 135 cm³/mol. The monoisotopic (exact) mass is 523 g/mol. The molecule has 1 aromatic heterocycles. The van der Waals surface area contributed by atoms with Crippen molar-refractivity contribution in [1.82, 2.24) is 15.6 Å². The van der Waals surface area contributed by atoms with Crippen molar-refractivity contribution < 1.29 is 4.74 Å². The molecule has 7 heteroatoms. The lowest BCUT2D eigenvalue weighted by Crippen LogP contribution is -2.38. The van der Waals surface area contributed by atoms with E-state index in [1.54, 1.807) is 6.20 Å². The first-order valence-corrected chi connectivity index (χ1v) is 10.7. The normalized spacial score (nSPS) is 14.8. The lowest BCUT2D eigenvalue weighted by Gasteiger charge is -2.22. The summed E-state index contributed by atoms with van der Waals surface area (Å²) in [6.45, 7) is 10.4. The van der Waals surface area contributed by atoms with E-state index in [0.29, 0.717) is 19.0 Å². The van der Waals surface area contributed by atoms with E-state index in [1.807, 2.05) is 19.1 Å². The number of nitrogens with one attached hydrogen (secondary N) is 2. The Kier molecular flexibility index (Phi) is 10.2. The second-order valence-corrected chi connectivity index (χ2v) is 7.25. The average molecular weight is 523 g/mol. The zero-order valence-electron chi connectivity index (χ0n) is 18.2. The van der Waals surface area contributed by atoms with Gasteiger partial charge in [-0.05, 0) is 57.4 Å². The number of rotatable bonds is 8. The number of benzene rings is 1. The minimum absolute atomic E-state index is 0. The minimum Gasteiger partial charge on any atom is -0.478 e. The summed E-state index contributed by atoms with van der Waals surface area (Å²) >= 11 is 0. The second-order valence-electron chi connectivity index (χ2n) is 7.25. The molecule has 0 bridgehead atoms. The first kappa shape index (κ1) is 24.2. The van der Waals surface area contributed by atoms with Gasteiger partial charge in [0.15, 0.2) is 5.96 Å². The van der Waals surface area contributed by atoms with Gasteiger partial charge >= 0.3 is 0 Å². The number of hydrogen-bond donors (Lipinski definition) is 2. The molecule has 1 aromatic carbocycles. The summed E-state index contributed by atoms with van der Waals surface area (Å²) in [5.74, 6) is 1.44. The number of halogens is 1. The minimum atomic E-state index is 0. The molecular formula is C23H34IN5O. The predicted octanol–water partition coefficient (Wildman–Crippen LogP) is 4.51. The van der Waals surface area contributed by atoms with Crippen molar-refractivity contribution in [1.29, 1.82) is 0 Å². The van der Waals surface area contributed by atoms with E-state index in [-0.39, 0.29) is 30.0 Å². The van der Waals surface area contributed by atoms with Gasteiger partial charge < -0.3 is 20.3 Å². The van der Waals surface area contributed by atoms with Gasteiger partial charge in [-0.3, -0.25) is 0 Å². The maximum Gasteiger partial charge on any atom is 0.218 e. The fraction of sp³-hybridized carbons (Fsp3) is 0.478. The molecule has 1 atom stereocenters. The van der Waals surface area contributed by atoms with E-state index in [2.05, 4.69) is 58.6 Å². The molecule has 2 heterocycles. The fourth-order valence-corrected chi connectivity index (χ4v) is 3.55. The van der Waals surface area contributed by atoms with Gasteiger partial charge in [-0.15, -0.1) is 24.0 Å². The van der Waals surface area contributed by atoms with Crippen LogP contribution >= 0.6 is 24.0 Å². The van der Waals surface area contributed by atoms with Crippen molar-refractivity contribution >= 4 is 35.6 Å². The Bertz CT molecular complexity index is 808. The first-order chi connectivity index (χ1) is 14.2. The molecular weight excluding hydrogens is 489 g/mol. The molecule has 30 heavy (non-hydrogen) atoms. The summed E-state index contributed by atoms with van der Waals surface area (Å²) < 4.78 is 5.62. The topological polar surface area (TPSA) is 61.8 Å². The number of aromatic nitrogens is 1. The van der Waals surface area contributed by atoms with Crippen LogP contribution in [0.2, 0.25) is 0 Å². The molecule has 0 spiro atoms.